The van der Waals surface area contributed by atoms with Crippen LogP contribution in [0.4, 0.5) is 38.3 Å². The lowest BCUT2D eigenvalue weighted by Gasteiger charge is -2.13. The molecule has 0 spiro atoms. The van der Waals surface area contributed by atoms with Crippen LogP contribution in [-0.4, -0.2) is 47.7 Å². The van der Waals surface area contributed by atoms with Gasteiger partial charge in [0.25, 0.3) is 0 Å². The quantitative estimate of drug-likeness (QED) is 0.474. The SMILES string of the molecule is CNC(=O)OCOc1cccc(Nc2ncc(F)c(Nc3ccc4c(n3)N=CCO4)n2)c1. The number of nitrogens with zero attached hydrogens (tertiary/aromatic N) is 4. The van der Waals surface area contributed by atoms with Gasteiger partial charge in [-0.3, -0.25) is 0 Å². The largest absolute Gasteiger partial charge is 0.484 e. The van der Waals surface area contributed by atoms with Crippen LogP contribution >= 0.6 is 0 Å². The normalized spacial score (nSPS) is 11.7. The van der Waals surface area contributed by atoms with Gasteiger partial charge in [0, 0.05) is 25.0 Å². The lowest BCUT2D eigenvalue weighted by atomic mass is 10.3. The number of ether oxygens (including phenoxy) is 3. The second-order valence-corrected chi connectivity index (χ2v) is 6.25. The Labute approximate surface area is 181 Å². The minimum atomic E-state index is -0.654. The fourth-order valence-electron chi connectivity index (χ4n) is 2.61. The number of alkyl carbamates (subject to hydrolysis) is 1. The molecule has 1 aliphatic heterocycles. The van der Waals surface area contributed by atoms with E-state index in [4.69, 9.17) is 14.2 Å². The molecule has 11 nitrogen and oxygen atoms in total. The second kappa shape index (κ2) is 9.55. The van der Waals surface area contributed by atoms with Crippen LogP contribution in [0.2, 0.25) is 0 Å². The zero-order valence-electron chi connectivity index (χ0n) is 16.8. The van der Waals surface area contributed by atoms with Crippen LogP contribution in [0.5, 0.6) is 11.5 Å². The van der Waals surface area contributed by atoms with Gasteiger partial charge in [-0.25, -0.2) is 24.1 Å². The Balaban J connectivity index is 1.45. The van der Waals surface area contributed by atoms with Gasteiger partial charge in [-0.1, -0.05) is 6.07 Å². The minimum Gasteiger partial charge on any atom is -0.484 e. The van der Waals surface area contributed by atoms with Gasteiger partial charge in [0.1, 0.15) is 18.2 Å². The highest BCUT2D eigenvalue weighted by atomic mass is 19.1. The van der Waals surface area contributed by atoms with E-state index >= 15 is 0 Å². The number of carbonyl (C=O) groups is 1. The summed E-state index contributed by atoms with van der Waals surface area (Å²) in [7, 11) is 1.45. The third kappa shape index (κ3) is 5.16. The van der Waals surface area contributed by atoms with Crippen molar-refractivity contribution in [1.82, 2.24) is 20.3 Å². The number of amides is 1. The molecule has 2 aromatic heterocycles. The van der Waals surface area contributed by atoms with Crippen LogP contribution in [0.15, 0.2) is 47.6 Å². The molecule has 0 radical (unpaired) electrons. The van der Waals surface area contributed by atoms with Crippen molar-refractivity contribution in [3.63, 3.8) is 0 Å². The number of nitrogens with one attached hydrogen (secondary N) is 3. The maximum atomic E-state index is 14.3. The van der Waals surface area contributed by atoms with E-state index < -0.39 is 11.9 Å². The summed E-state index contributed by atoms with van der Waals surface area (Å²) < 4.78 is 29.8. The molecule has 12 heteroatoms. The van der Waals surface area contributed by atoms with Gasteiger partial charge in [-0.15, -0.1) is 0 Å². The summed E-state index contributed by atoms with van der Waals surface area (Å²) in [6.07, 6.45) is 2.02. The van der Waals surface area contributed by atoms with E-state index in [0.29, 0.717) is 35.4 Å². The third-order valence-corrected chi connectivity index (χ3v) is 4.07. The summed E-state index contributed by atoms with van der Waals surface area (Å²) in [5, 5.41) is 8.10. The highest BCUT2D eigenvalue weighted by Gasteiger charge is 2.12. The number of pyridine rings is 1. The zero-order valence-corrected chi connectivity index (χ0v) is 16.8. The van der Waals surface area contributed by atoms with E-state index in [0.717, 1.165) is 6.20 Å². The standard InChI is InChI=1S/C20H18FN7O4/c1-22-20(29)32-11-31-13-4-2-3-12(9-13)25-19-24-10-14(21)17(28-19)26-16-6-5-15-18(27-16)23-7-8-30-15/h2-7,9-10H,8,11H2,1H3,(H,22,29)(H2,24,25,26,27,28). The van der Waals surface area contributed by atoms with Crippen molar-refractivity contribution < 1.29 is 23.4 Å². The van der Waals surface area contributed by atoms with E-state index in [1.54, 1.807) is 42.6 Å². The van der Waals surface area contributed by atoms with Crippen LogP contribution in [0.1, 0.15) is 0 Å². The topological polar surface area (TPSA) is 132 Å². The van der Waals surface area contributed by atoms with Gasteiger partial charge in [0.05, 0.1) is 6.20 Å². The number of benzene rings is 1. The molecule has 32 heavy (non-hydrogen) atoms. The Morgan fingerprint density at radius 1 is 1.22 bits per heavy atom. The molecule has 164 valence electrons. The van der Waals surface area contributed by atoms with Crippen molar-refractivity contribution in [3.8, 4) is 11.5 Å². The molecule has 0 unspecified atom stereocenters. The number of halogens is 1. The van der Waals surface area contributed by atoms with E-state index in [-0.39, 0.29) is 18.6 Å². The summed E-state index contributed by atoms with van der Waals surface area (Å²) in [6.45, 7) is 0.122. The molecule has 1 aliphatic rings. The number of fused-ring (bicyclic) bond motifs is 1. The lowest BCUT2D eigenvalue weighted by Crippen LogP contribution is -2.21. The third-order valence-electron chi connectivity index (χ3n) is 4.07. The maximum Gasteiger partial charge on any atom is 0.409 e. The zero-order chi connectivity index (χ0) is 22.3. The molecule has 0 bridgehead atoms. The van der Waals surface area contributed by atoms with Gasteiger partial charge in [-0.05, 0) is 24.3 Å². The van der Waals surface area contributed by atoms with E-state index in [1.807, 2.05) is 0 Å². The maximum absolute atomic E-state index is 14.3. The molecule has 3 aromatic rings. The predicted octanol–water partition coefficient (Wildman–Crippen LogP) is 3.28. The average Bonchev–Trinajstić information content (AvgIpc) is 2.81. The summed E-state index contributed by atoms with van der Waals surface area (Å²) in [5.74, 6) is 1.16. The van der Waals surface area contributed by atoms with Gasteiger partial charge in [0.15, 0.2) is 23.2 Å². The molecule has 1 aromatic carbocycles. The molecule has 1 amide bonds. The first-order valence-corrected chi connectivity index (χ1v) is 9.41. The number of carbonyl (C=O) groups excluding carboxylic acids is 1. The van der Waals surface area contributed by atoms with Gasteiger partial charge in [-0.2, -0.15) is 4.98 Å². The number of anilines is 4. The summed E-state index contributed by atoms with van der Waals surface area (Å²) in [5.41, 5.74) is 0.582. The number of aliphatic imine (C=N–C) groups is 1. The number of hydrogen-bond acceptors (Lipinski definition) is 10. The van der Waals surface area contributed by atoms with Gasteiger partial charge < -0.3 is 30.2 Å². The molecular formula is C20H18FN7O4. The van der Waals surface area contributed by atoms with Crippen molar-refractivity contribution in [3.05, 3.63) is 48.4 Å². The summed E-state index contributed by atoms with van der Waals surface area (Å²) in [4.78, 5) is 27.6. The van der Waals surface area contributed by atoms with Crippen LogP contribution < -0.4 is 25.4 Å². The Morgan fingerprint density at radius 3 is 3.00 bits per heavy atom. The first-order valence-electron chi connectivity index (χ1n) is 9.41. The van der Waals surface area contributed by atoms with Crippen molar-refractivity contribution in [2.45, 2.75) is 0 Å². The number of hydrogen-bond donors (Lipinski definition) is 3. The molecule has 0 saturated carbocycles. The molecule has 0 saturated heterocycles. The highest BCUT2D eigenvalue weighted by molar-refractivity contribution is 5.70. The number of aromatic nitrogens is 3. The molecule has 3 N–H and O–H groups in total. The Bertz CT molecular complexity index is 1160. The minimum absolute atomic E-state index is 0.0676. The molecular weight excluding hydrogens is 421 g/mol. The van der Waals surface area contributed by atoms with Crippen LogP contribution in [-0.2, 0) is 4.74 Å². The highest BCUT2D eigenvalue weighted by Crippen LogP contribution is 2.30. The second-order valence-electron chi connectivity index (χ2n) is 6.25. The van der Waals surface area contributed by atoms with E-state index in [1.165, 1.54) is 7.05 Å². The first-order chi connectivity index (χ1) is 15.6. The van der Waals surface area contributed by atoms with Crippen LogP contribution in [0.25, 0.3) is 0 Å². The Kier molecular flexibility index (Phi) is 6.20. The molecule has 0 fully saturated rings. The number of rotatable bonds is 7. The van der Waals surface area contributed by atoms with E-state index in [9.17, 15) is 9.18 Å². The predicted molar refractivity (Wildman–Crippen MR) is 114 cm³/mol. The molecule has 0 aliphatic carbocycles. The van der Waals surface area contributed by atoms with Gasteiger partial charge in [0.2, 0.25) is 12.7 Å². The fourth-order valence-corrected chi connectivity index (χ4v) is 2.61. The van der Waals surface area contributed by atoms with Crippen LogP contribution in [0.3, 0.4) is 0 Å². The average molecular weight is 439 g/mol. The fraction of sp³-hybridized carbons (Fsp3) is 0.150. The molecule has 3 heterocycles. The Morgan fingerprint density at radius 2 is 2.12 bits per heavy atom. The van der Waals surface area contributed by atoms with Crippen molar-refractivity contribution in [2.75, 3.05) is 31.1 Å². The van der Waals surface area contributed by atoms with Gasteiger partial charge >= 0.3 is 6.09 Å². The molecule has 4 rings (SSSR count). The van der Waals surface area contributed by atoms with Crippen molar-refractivity contribution >= 4 is 41.4 Å². The molecule has 0 atom stereocenters. The van der Waals surface area contributed by atoms with Crippen molar-refractivity contribution in [2.24, 2.45) is 4.99 Å². The monoisotopic (exact) mass is 439 g/mol. The summed E-state index contributed by atoms with van der Waals surface area (Å²) in [6, 6.07) is 10.1. The van der Waals surface area contributed by atoms with Crippen molar-refractivity contribution in [1.29, 1.82) is 0 Å². The first kappa shape index (κ1) is 20.8. The van der Waals surface area contributed by atoms with Crippen LogP contribution in [0, 0.1) is 5.82 Å². The smallest absolute Gasteiger partial charge is 0.409 e. The Hall–Kier alpha value is -4.48. The summed E-state index contributed by atoms with van der Waals surface area (Å²) >= 11 is 0. The lowest BCUT2D eigenvalue weighted by molar-refractivity contribution is 0.0608. The van der Waals surface area contributed by atoms with E-state index in [2.05, 4.69) is 35.9 Å².